The minimum absolute atomic E-state index is 0.0116. The number of benzene rings is 1. The smallest absolute Gasteiger partial charge is 0.302 e. The first kappa shape index (κ1) is 14.8. The normalized spacial score (nSPS) is 21.7. The molecule has 2 aliphatic rings. The van der Waals surface area contributed by atoms with Crippen molar-refractivity contribution >= 4 is 5.97 Å². The van der Waals surface area contributed by atoms with E-state index in [1.165, 1.54) is 11.5 Å². The maximum Gasteiger partial charge on any atom is 0.302 e. The fourth-order valence-corrected chi connectivity index (χ4v) is 3.43. The minimum atomic E-state index is -0.528. The Labute approximate surface area is 138 Å². The van der Waals surface area contributed by atoms with Crippen molar-refractivity contribution in [2.45, 2.75) is 25.2 Å². The molecule has 0 fully saturated rings. The first-order chi connectivity index (χ1) is 11.6. The molecule has 6 nitrogen and oxygen atoms in total. The number of fused-ring (bicyclic) bond motifs is 5. The fraction of sp³-hybridized carbons (Fsp3) is 0.278. The molecule has 2 N–H and O–H groups in total. The molecule has 124 valence electrons. The van der Waals surface area contributed by atoms with Gasteiger partial charge in [-0.2, -0.15) is 0 Å². The summed E-state index contributed by atoms with van der Waals surface area (Å²) in [6, 6.07) is 8.79. The quantitative estimate of drug-likeness (QED) is 0.666. The number of aromatic hydroxyl groups is 2. The first-order valence-corrected chi connectivity index (χ1v) is 7.76. The number of hydrogen-bond donors (Lipinski definition) is 2. The molecule has 0 saturated heterocycles. The van der Waals surface area contributed by atoms with E-state index in [0.29, 0.717) is 11.1 Å². The van der Waals surface area contributed by atoms with Crippen LogP contribution in [0.15, 0.2) is 42.5 Å². The van der Waals surface area contributed by atoms with Crippen molar-refractivity contribution in [3.63, 3.8) is 0 Å². The highest BCUT2D eigenvalue weighted by Crippen LogP contribution is 2.55. The van der Waals surface area contributed by atoms with Gasteiger partial charge in [0.25, 0.3) is 0 Å². The molecular weight excluding hydrogens is 310 g/mol. The Morgan fingerprint density at radius 2 is 1.75 bits per heavy atom. The summed E-state index contributed by atoms with van der Waals surface area (Å²) in [6.07, 6.45) is 3.03. The molecule has 2 bridgehead atoms. The van der Waals surface area contributed by atoms with Gasteiger partial charge in [-0.3, -0.25) is 9.36 Å². The molecule has 0 aliphatic carbocycles. The minimum Gasteiger partial charge on any atom is -0.494 e. The summed E-state index contributed by atoms with van der Waals surface area (Å²) in [4.78, 5) is 11.2. The summed E-state index contributed by atoms with van der Waals surface area (Å²) in [5.41, 5.74) is 1.99. The Hall–Kier alpha value is -2.73. The molecule has 0 unspecified atom stereocenters. The van der Waals surface area contributed by atoms with Crippen molar-refractivity contribution in [3.8, 4) is 11.8 Å². The van der Waals surface area contributed by atoms with Gasteiger partial charge < -0.3 is 19.7 Å². The third-order valence-electron chi connectivity index (χ3n) is 4.49. The van der Waals surface area contributed by atoms with Crippen LogP contribution in [0.2, 0.25) is 0 Å². The van der Waals surface area contributed by atoms with Crippen LogP contribution in [-0.2, 0) is 14.3 Å². The zero-order valence-electron chi connectivity index (χ0n) is 13.0. The van der Waals surface area contributed by atoms with Crippen molar-refractivity contribution in [2.24, 2.45) is 0 Å². The predicted molar refractivity (Wildman–Crippen MR) is 84.7 cm³/mol. The maximum atomic E-state index is 11.2. The second kappa shape index (κ2) is 5.42. The van der Waals surface area contributed by atoms with Crippen LogP contribution in [0.5, 0.6) is 11.8 Å². The summed E-state index contributed by atoms with van der Waals surface area (Å²) >= 11 is 0. The molecule has 2 aromatic rings. The lowest BCUT2D eigenvalue weighted by molar-refractivity contribution is -0.141. The Bertz CT molecular complexity index is 788. The highest BCUT2D eigenvalue weighted by molar-refractivity contribution is 5.66. The molecule has 6 heteroatoms. The highest BCUT2D eigenvalue weighted by Gasteiger charge is 2.43. The summed E-state index contributed by atoms with van der Waals surface area (Å²) in [5.74, 6) is -0.527. The molecule has 0 saturated carbocycles. The van der Waals surface area contributed by atoms with Gasteiger partial charge >= 0.3 is 5.97 Å². The maximum absolute atomic E-state index is 11.2. The van der Waals surface area contributed by atoms with Gasteiger partial charge in [-0.25, -0.2) is 0 Å². The Morgan fingerprint density at radius 1 is 1.17 bits per heavy atom. The number of carbonyl (C=O) groups is 1. The molecule has 4 rings (SSSR count). The monoisotopic (exact) mass is 327 g/mol. The average Bonchev–Trinajstić information content (AvgIpc) is 3.25. The molecule has 3 heterocycles. The Balaban J connectivity index is 1.81. The molecular formula is C18H17NO5. The van der Waals surface area contributed by atoms with Gasteiger partial charge in [0.05, 0.1) is 17.2 Å². The van der Waals surface area contributed by atoms with Gasteiger partial charge in [-0.15, -0.1) is 0 Å². The van der Waals surface area contributed by atoms with E-state index in [0.717, 1.165) is 5.56 Å². The molecule has 1 aromatic heterocycles. The molecule has 0 radical (unpaired) electrons. The number of esters is 1. The number of hydrogen-bond acceptors (Lipinski definition) is 5. The molecule has 1 aromatic carbocycles. The summed E-state index contributed by atoms with van der Waals surface area (Å²) in [5, 5.41) is 21.4. The second-order valence-electron chi connectivity index (χ2n) is 5.94. The number of nitrogens with zero attached hydrogens (tertiary/aromatic N) is 1. The second-order valence-corrected chi connectivity index (χ2v) is 5.94. The number of ether oxygens (including phenoxy) is 2. The molecule has 0 spiro atoms. The van der Waals surface area contributed by atoms with E-state index in [1.54, 1.807) is 0 Å². The van der Waals surface area contributed by atoms with E-state index < -0.39 is 12.0 Å². The largest absolute Gasteiger partial charge is 0.494 e. The van der Waals surface area contributed by atoms with Gasteiger partial charge in [0.1, 0.15) is 18.8 Å². The SMILES string of the molecule is CC(=O)OC[C@H](c1ccccc1)n1c(O)c2c(c1O)[C@H]1C=C[C@@H]2O1. The van der Waals surface area contributed by atoms with Crippen LogP contribution in [0.1, 0.15) is 41.9 Å². The standard InChI is InChI=1S/C18H17NO5/c1-10(20)23-9-12(11-5-3-2-4-6-11)19-17(21)15-13-7-8-14(24-13)16(15)18(19)22/h2-8,12-14,21-22H,9H2,1H3/t12-,13-,14+/m1/s1. The average molecular weight is 327 g/mol. The lowest BCUT2D eigenvalue weighted by Gasteiger charge is -2.22. The van der Waals surface area contributed by atoms with E-state index in [2.05, 4.69) is 0 Å². The van der Waals surface area contributed by atoms with E-state index >= 15 is 0 Å². The lowest BCUT2D eigenvalue weighted by atomic mass is 10.0. The fourth-order valence-electron chi connectivity index (χ4n) is 3.43. The van der Waals surface area contributed by atoms with Crippen molar-refractivity contribution in [2.75, 3.05) is 6.61 Å². The number of aromatic nitrogens is 1. The molecule has 2 aliphatic heterocycles. The highest BCUT2D eigenvalue weighted by atomic mass is 16.5. The number of carbonyl (C=O) groups excluding carboxylic acids is 1. The zero-order chi connectivity index (χ0) is 16.8. The van der Waals surface area contributed by atoms with Crippen LogP contribution >= 0.6 is 0 Å². The van der Waals surface area contributed by atoms with Crippen LogP contribution in [0, 0.1) is 0 Å². The van der Waals surface area contributed by atoms with Crippen LogP contribution in [-0.4, -0.2) is 27.4 Å². The van der Waals surface area contributed by atoms with Crippen LogP contribution < -0.4 is 0 Å². The first-order valence-electron chi connectivity index (χ1n) is 7.76. The molecule has 3 atom stereocenters. The third kappa shape index (κ3) is 2.11. The van der Waals surface area contributed by atoms with Crippen LogP contribution in [0.3, 0.4) is 0 Å². The van der Waals surface area contributed by atoms with Gasteiger partial charge in [0.2, 0.25) is 11.8 Å². The van der Waals surface area contributed by atoms with Gasteiger partial charge in [-0.05, 0) is 5.56 Å². The van der Waals surface area contributed by atoms with Crippen molar-refractivity contribution < 1.29 is 24.5 Å². The van der Waals surface area contributed by atoms with Crippen LogP contribution in [0.25, 0.3) is 0 Å². The molecule has 24 heavy (non-hydrogen) atoms. The van der Waals surface area contributed by atoms with Crippen molar-refractivity contribution in [1.29, 1.82) is 0 Å². The summed E-state index contributed by atoms with van der Waals surface area (Å²) in [7, 11) is 0. The van der Waals surface area contributed by atoms with Gasteiger partial charge in [0.15, 0.2) is 0 Å². The topological polar surface area (TPSA) is 80.9 Å². The Kier molecular flexibility index (Phi) is 3.35. The van der Waals surface area contributed by atoms with Crippen LogP contribution in [0.4, 0.5) is 0 Å². The Morgan fingerprint density at radius 3 is 2.29 bits per heavy atom. The van der Waals surface area contributed by atoms with E-state index in [4.69, 9.17) is 9.47 Å². The zero-order valence-corrected chi connectivity index (χ0v) is 13.0. The van der Waals surface area contributed by atoms with E-state index in [-0.39, 0.29) is 30.6 Å². The van der Waals surface area contributed by atoms with E-state index in [9.17, 15) is 15.0 Å². The number of rotatable bonds is 4. The lowest BCUT2D eigenvalue weighted by Crippen LogP contribution is -2.18. The van der Waals surface area contributed by atoms with E-state index in [1.807, 2.05) is 42.5 Å². The van der Waals surface area contributed by atoms with Gasteiger partial charge in [0, 0.05) is 6.92 Å². The van der Waals surface area contributed by atoms with Crippen molar-refractivity contribution in [3.05, 3.63) is 59.2 Å². The molecule has 0 amide bonds. The third-order valence-corrected chi connectivity index (χ3v) is 4.49. The van der Waals surface area contributed by atoms with Gasteiger partial charge in [-0.1, -0.05) is 42.5 Å². The summed E-state index contributed by atoms with van der Waals surface area (Å²) < 4.78 is 12.2. The van der Waals surface area contributed by atoms with Crippen molar-refractivity contribution in [1.82, 2.24) is 4.57 Å². The predicted octanol–water partition coefficient (Wildman–Crippen LogP) is 2.73. The summed E-state index contributed by atoms with van der Waals surface area (Å²) in [6.45, 7) is 1.34.